The highest BCUT2D eigenvalue weighted by molar-refractivity contribution is 5.62. The van der Waals surface area contributed by atoms with Crippen molar-refractivity contribution in [2.75, 3.05) is 18.0 Å². The molecule has 0 amide bonds. The third-order valence-electron chi connectivity index (χ3n) is 6.47. The van der Waals surface area contributed by atoms with Gasteiger partial charge in [0.2, 0.25) is 0 Å². The van der Waals surface area contributed by atoms with Gasteiger partial charge in [0.05, 0.1) is 18.4 Å². The zero-order valence-corrected chi connectivity index (χ0v) is 19.1. The fourth-order valence-corrected chi connectivity index (χ4v) is 4.50. The van der Waals surface area contributed by atoms with Crippen LogP contribution in [0.4, 0.5) is 5.69 Å². The van der Waals surface area contributed by atoms with Crippen LogP contribution in [0.2, 0.25) is 0 Å². The summed E-state index contributed by atoms with van der Waals surface area (Å²) in [5.74, 6) is 1.16. The molecule has 0 saturated carbocycles. The molecule has 1 aliphatic heterocycles. The van der Waals surface area contributed by atoms with Gasteiger partial charge < -0.3 is 9.42 Å². The first-order chi connectivity index (χ1) is 16.0. The summed E-state index contributed by atoms with van der Waals surface area (Å²) < 4.78 is 8.83. The van der Waals surface area contributed by atoms with Crippen molar-refractivity contribution >= 4 is 5.69 Å². The summed E-state index contributed by atoms with van der Waals surface area (Å²) in [7, 11) is 1.99. The van der Waals surface area contributed by atoms with E-state index in [-0.39, 0.29) is 5.56 Å². The fourth-order valence-electron chi connectivity index (χ4n) is 4.50. The van der Waals surface area contributed by atoms with Crippen LogP contribution in [0.25, 0.3) is 11.3 Å². The van der Waals surface area contributed by atoms with Gasteiger partial charge in [-0.15, -0.1) is 0 Å². The van der Waals surface area contributed by atoms with Gasteiger partial charge in [0, 0.05) is 67.0 Å². The summed E-state index contributed by atoms with van der Waals surface area (Å²) in [6.45, 7) is 5.84. The van der Waals surface area contributed by atoms with Gasteiger partial charge in [-0.25, -0.2) is 4.68 Å². The van der Waals surface area contributed by atoms with Crippen molar-refractivity contribution in [1.82, 2.24) is 29.7 Å². The molecule has 4 aromatic heterocycles. The molecule has 0 unspecified atom stereocenters. The molecule has 33 heavy (non-hydrogen) atoms. The highest BCUT2D eigenvalue weighted by Crippen LogP contribution is 2.29. The van der Waals surface area contributed by atoms with Crippen LogP contribution >= 0.6 is 0 Å². The molecular formula is C24H27N7O2. The van der Waals surface area contributed by atoms with Crippen LogP contribution in [0, 0.1) is 13.8 Å². The predicted octanol–water partition coefficient (Wildman–Crippen LogP) is 3.08. The van der Waals surface area contributed by atoms with E-state index in [4.69, 9.17) is 4.52 Å². The number of nitrogens with zero attached hydrogens (tertiary/aromatic N) is 7. The topological polar surface area (TPSA) is 94.9 Å². The minimum Gasteiger partial charge on any atom is -0.370 e. The standard InChI is InChI=1S/C24H27N7O2/c1-16-4-5-19(13-25-16)24-21(17(2)33-28-24)15-31-23(32)12-20(14-27-31)30-10-7-18(8-11-30)22-6-9-26-29(22)3/h4-6,9,12-14,18H,7-8,10-11,15H2,1-3H3. The summed E-state index contributed by atoms with van der Waals surface area (Å²) in [6, 6.07) is 7.65. The molecule has 170 valence electrons. The molecule has 0 radical (unpaired) electrons. The molecule has 9 nitrogen and oxygen atoms in total. The second-order valence-electron chi connectivity index (χ2n) is 8.60. The Morgan fingerprint density at radius 2 is 1.91 bits per heavy atom. The van der Waals surface area contributed by atoms with Gasteiger partial charge in [-0.1, -0.05) is 5.16 Å². The molecule has 5 heterocycles. The predicted molar refractivity (Wildman–Crippen MR) is 124 cm³/mol. The molecular weight excluding hydrogens is 418 g/mol. The average Bonchev–Trinajstić information content (AvgIpc) is 3.41. The SMILES string of the molecule is Cc1ccc(-c2noc(C)c2Cn2ncc(N3CCC(c4ccnn4C)CC3)cc2=O)cn1. The number of hydrogen-bond donors (Lipinski definition) is 0. The molecule has 4 aromatic rings. The quantitative estimate of drug-likeness (QED) is 0.466. The number of piperidine rings is 1. The number of rotatable bonds is 5. The Balaban J connectivity index is 1.32. The van der Waals surface area contributed by atoms with Gasteiger partial charge in [0.25, 0.3) is 5.56 Å². The molecule has 0 atom stereocenters. The smallest absolute Gasteiger partial charge is 0.269 e. The Kier molecular flexibility index (Phi) is 5.53. The minimum absolute atomic E-state index is 0.144. The third-order valence-corrected chi connectivity index (χ3v) is 6.47. The van der Waals surface area contributed by atoms with E-state index < -0.39 is 0 Å². The highest BCUT2D eigenvalue weighted by Gasteiger charge is 2.23. The molecule has 0 spiro atoms. The minimum atomic E-state index is -0.144. The van der Waals surface area contributed by atoms with Crippen molar-refractivity contribution in [2.24, 2.45) is 7.05 Å². The van der Waals surface area contributed by atoms with E-state index in [9.17, 15) is 4.79 Å². The van der Waals surface area contributed by atoms with Gasteiger partial charge in [-0.05, 0) is 44.9 Å². The Morgan fingerprint density at radius 3 is 2.58 bits per heavy atom. The van der Waals surface area contributed by atoms with E-state index in [0.717, 1.165) is 48.4 Å². The Labute approximate surface area is 191 Å². The summed E-state index contributed by atoms with van der Waals surface area (Å²) in [5.41, 5.74) is 5.30. The second-order valence-corrected chi connectivity index (χ2v) is 8.60. The maximum atomic E-state index is 12.9. The molecule has 0 N–H and O–H groups in total. The monoisotopic (exact) mass is 445 g/mol. The number of hydrogen-bond acceptors (Lipinski definition) is 7. The Hall–Kier alpha value is -3.75. The number of aryl methyl sites for hydroxylation is 3. The van der Waals surface area contributed by atoms with E-state index in [1.165, 1.54) is 10.4 Å². The number of aromatic nitrogens is 6. The second kappa shape index (κ2) is 8.65. The van der Waals surface area contributed by atoms with Crippen molar-refractivity contribution in [3.05, 3.63) is 75.9 Å². The van der Waals surface area contributed by atoms with Gasteiger partial charge in [0.1, 0.15) is 11.5 Å². The molecule has 0 bridgehead atoms. The Morgan fingerprint density at radius 1 is 1.09 bits per heavy atom. The number of anilines is 1. The van der Waals surface area contributed by atoms with Crippen molar-refractivity contribution < 1.29 is 4.52 Å². The maximum Gasteiger partial charge on any atom is 0.269 e. The van der Waals surface area contributed by atoms with E-state index in [1.807, 2.05) is 43.9 Å². The first kappa shape index (κ1) is 21.1. The van der Waals surface area contributed by atoms with E-state index >= 15 is 0 Å². The summed E-state index contributed by atoms with van der Waals surface area (Å²) in [5, 5.41) is 12.9. The largest absolute Gasteiger partial charge is 0.370 e. The van der Waals surface area contributed by atoms with Crippen LogP contribution < -0.4 is 10.5 Å². The molecule has 1 aliphatic rings. The van der Waals surface area contributed by atoms with Crippen molar-refractivity contribution in [3.63, 3.8) is 0 Å². The third kappa shape index (κ3) is 4.18. The Bertz CT molecular complexity index is 1310. The van der Waals surface area contributed by atoms with E-state index in [0.29, 0.717) is 23.9 Å². The van der Waals surface area contributed by atoms with Crippen LogP contribution in [-0.4, -0.2) is 42.8 Å². The van der Waals surface area contributed by atoms with Gasteiger partial charge in [-0.2, -0.15) is 10.2 Å². The first-order valence-corrected chi connectivity index (χ1v) is 11.2. The van der Waals surface area contributed by atoms with Crippen LogP contribution in [-0.2, 0) is 13.6 Å². The molecule has 9 heteroatoms. The molecule has 0 aromatic carbocycles. The van der Waals surface area contributed by atoms with Crippen LogP contribution in [0.5, 0.6) is 0 Å². The van der Waals surface area contributed by atoms with Crippen LogP contribution in [0.3, 0.4) is 0 Å². The highest BCUT2D eigenvalue weighted by atomic mass is 16.5. The van der Waals surface area contributed by atoms with E-state index in [1.54, 1.807) is 18.5 Å². The zero-order chi connectivity index (χ0) is 22.9. The molecule has 1 saturated heterocycles. The van der Waals surface area contributed by atoms with Crippen molar-refractivity contribution in [3.8, 4) is 11.3 Å². The lowest BCUT2D eigenvalue weighted by Crippen LogP contribution is -2.35. The lowest BCUT2D eigenvalue weighted by Gasteiger charge is -2.33. The van der Waals surface area contributed by atoms with Crippen molar-refractivity contribution in [1.29, 1.82) is 0 Å². The van der Waals surface area contributed by atoms with Crippen LogP contribution in [0.1, 0.15) is 41.5 Å². The first-order valence-electron chi connectivity index (χ1n) is 11.2. The zero-order valence-electron chi connectivity index (χ0n) is 19.1. The molecule has 0 aliphatic carbocycles. The molecule has 1 fully saturated rings. The van der Waals surface area contributed by atoms with Gasteiger partial charge in [0.15, 0.2) is 0 Å². The van der Waals surface area contributed by atoms with E-state index in [2.05, 4.69) is 31.3 Å². The van der Waals surface area contributed by atoms with Crippen molar-refractivity contribution in [2.45, 2.75) is 39.2 Å². The lowest BCUT2D eigenvalue weighted by atomic mass is 9.93. The van der Waals surface area contributed by atoms with Gasteiger partial charge >= 0.3 is 0 Å². The molecule has 5 rings (SSSR count). The maximum absolute atomic E-state index is 12.9. The fraction of sp³-hybridized carbons (Fsp3) is 0.375. The summed E-state index contributed by atoms with van der Waals surface area (Å²) in [4.78, 5) is 19.5. The van der Waals surface area contributed by atoms with Crippen LogP contribution in [0.15, 0.2) is 52.2 Å². The normalized spacial score (nSPS) is 14.7. The average molecular weight is 446 g/mol. The lowest BCUT2D eigenvalue weighted by molar-refractivity contribution is 0.397. The summed E-state index contributed by atoms with van der Waals surface area (Å²) >= 11 is 0. The number of pyridine rings is 1. The van der Waals surface area contributed by atoms with Gasteiger partial charge in [-0.3, -0.25) is 14.5 Å². The summed E-state index contributed by atoms with van der Waals surface area (Å²) in [6.07, 6.45) is 7.45.